The van der Waals surface area contributed by atoms with Crippen LogP contribution in [0.4, 0.5) is 17.1 Å². The maximum absolute atomic E-state index is 2.67. The topological polar surface area (TPSA) is 3.24 Å². The van der Waals surface area contributed by atoms with Crippen LogP contribution in [0.25, 0.3) is 88.0 Å². The summed E-state index contributed by atoms with van der Waals surface area (Å²) in [6, 6.07) is 90.6. The van der Waals surface area contributed by atoms with E-state index in [1.807, 2.05) is 0 Å². The highest BCUT2D eigenvalue weighted by atomic mass is 15.1. The molecular weight excluding hydrogens is 891 g/mol. The van der Waals surface area contributed by atoms with Crippen LogP contribution < -0.4 is 4.90 Å². The van der Waals surface area contributed by atoms with Gasteiger partial charge in [-0.05, 0) is 152 Å². The van der Waals surface area contributed by atoms with E-state index >= 15 is 0 Å². The molecule has 74 heavy (non-hydrogen) atoms. The molecule has 4 aliphatic carbocycles. The Balaban J connectivity index is 1.10. The van der Waals surface area contributed by atoms with Crippen molar-refractivity contribution in [2.24, 2.45) is 0 Å². The second-order valence-corrected chi connectivity index (χ2v) is 22.2. The first-order valence-electron chi connectivity index (χ1n) is 26.3. The zero-order valence-corrected chi connectivity index (χ0v) is 42.0. The van der Waals surface area contributed by atoms with Crippen molar-refractivity contribution in [3.8, 4) is 55.6 Å². The highest BCUT2D eigenvalue weighted by Crippen LogP contribution is 2.66. The van der Waals surface area contributed by atoms with Crippen molar-refractivity contribution in [3.63, 3.8) is 0 Å². The Hall–Kier alpha value is -8.78. The number of hydrogen-bond acceptors (Lipinski definition) is 1. The van der Waals surface area contributed by atoms with E-state index in [9.17, 15) is 0 Å². The van der Waals surface area contributed by atoms with Gasteiger partial charge in [-0.3, -0.25) is 0 Å². The van der Waals surface area contributed by atoms with Crippen LogP contribution in [0.3, 0.4) is 0 Å². The van der Waals surface area contributed by atoms with Crippen LogP contribution in [0.2, 0.25) is 0 Å². The van der Waals surface area contributed by atoms with E-state index in [2.05, 4.69) is 269 Å². The van der Waals surface area contributed by atoms with Crippen molar-refractivity contribution in [3.05, 3.63) is 281 Å². The minimum atomic E-state index is -0.545. The predicted octanol–water partition coefficient (Wildman–Crippen LogP) is 19.2. The molecule has 0 radical (unpaired) electrons. The SMILES string of the molecule is CC1(C)c2ccccc2-c2c(-c3cc4c(cc3N(c3ccc5c6ccccc6c6ccccc6c5c3)c3cccc5c3-c3ccccc3C5(C)C)C3(c5ccccc5-c5ccccc53)c3ccccc3-4)cccc21. The molecular formula is C73H51N. The molecule has 0 aliphatic heterocycles. The van der Waals surface area contributed by atoms with Crippen molar-refractivity contribution in [2.75, 3.05) is 4.90 Å². The van der Waals surface area contributed by atoms with Crippen molar-refractivity contribution >= 4 is 49.4 Å². The van der Waals surface area contributed by atoms with Gasteiger partial charge in [0.15, 0.2) is 0 Å². The van der Waals surface area contributed by atoms with E-state index in [1.54, 1.807) is 0 Å². The van der Waals surface area contributed by atoms with Crippen molar-refractivity contribution < 1.29 is 0 Å². The number of hydrogen-bond donors (Lipinski definition) is 0. The smallest absolute Gasteiger partial charge is 0.0726 e. The number of fused-ring (bicyclic) bond motifs is 22. The van der Waals surface area contributed by atoms with Gasteiger partial charge in [0, 0.05) is 27.6 Å². The zero-order chi connectivity index (χ0) is 49.2. The monoisotopic (exact) mass is 941 g/mol. The minimum absolute atomic E-state index is 0.176. The molecule has 0 saturated heterocycles. The second-order valence-electron chi connectivity index (χ2n) is 22.2. The molecule has 4 aliphatic rings. The predicted molar refractivity (Wildman–Crippen MR) is 311 cm³/mol. The van der Waals surface area contributed by atoms with E-state index in [1.165, 1.54) is 138 Å². The zero-order valence-electron chi connectivity index (χ0n) is 42.0. The van der Waals surface area contributed by atoms with Crippen LogP contribution >= 0.6 is 0 Å². The van der Waals surface area contributed by atoms with Gasteiger partial charge in [0.25, 0.3) is 0 Å². The summed E-state index contributed by atoms with van der Waals surface area (Å²) in [5.74, 6) is 0. The minimum Gasteiger partial charge on any atom is -0.309 e. The first-order chi connectivity index (χ1) is 36.3. The molecule has 0 unspecified atom stereocenters. The maximum atomic E-state index is 2.67. The molecule has 12 aromatic carbocycles. The lowest BCUT2D eigenvalue weighted by Crippen LogP contribution is -2.26. The summed E-state index contributed by atoms with van der Waals surface area (Å²) in [6.07, 6.45) is 0. The Labute approximate surface area is 432 Å². The lowest BCUT2D eigenvalue weighted by Gasteiger charge is -2.34. The third kappa shape index (κ3) is 5.19. The standard InChI is InChI=1S/C73H51N/c1-71(2)59-31-14-12-28-54(59)69-53(30-19-36-64(69)71)58-42-57-52-27-11-18-35-63(52)73(61-33-16-9-25-50(61)51-26-10-17-34-62(51)73)66(57)43-68(58)74(67-38-20-37-65-70(67)55-29-13-15-32-60(55)72(65,3)4)44-39-40-49-47-23-6-5-21-45(47)46-22-7-8-24-48(46)56(49)41-44/h5-43H,1-4H3. The van der Waals surface area contributed by atoms with Gasteiger partial charge in [0.1, 0.15) is 0 Å². The second kappa shape index (κ2) is 14.7. The molecule has 0 fully saturated rings. The molecule has 348 valence electrons. The van der Waals surface area contributed by atoms with E-state index in [-0.39, 0.29) is 10.8 Å². The number of benzene rings is 12. The van der Waals surface area contributed by atoms with E-state index in [0.29, 0.717) is 0 Å². The molecule has 12 aromatic rings. The van der Waals surface area contributed by atoms with Gasteiger partial charge in [-0.1, -0.05) is 234 Å². The van der Waals surface area contributed by atoms with Gasteiger partial charge in [-0.25, -0.2) is 0 Å². The molecule has 0 amide bonds. The molecule has 1 spiro atoms. The molecule has 0 atom stereocenters. The van der Waals surface area contributed by atoms with E-state index in [0.717, 1.165) is 11.4 Å². The average molecular weight is 942 g/mol. The third-order valence-electron chi connectivity index (χ3n) is 18.1. The summed E-state index contributed by atoms with van der Waals surface area (Å²) in [7, 11) is 0. The van der Waals surface area contributed by atoms with E-state index < -0.39 is 5.41 Å². The lowest BCUT2D eigenvalue weighted by molar-refractivity contribution is 0.660. The lowest BCUT2D eigenvalue weighted by atomic mass is 9.70. The van der Waals surface area contributed by atoms with Gasteiger partial charge in [-0.2, -0.15) is 0 Å². The fraction of sp³-hybridized carbons (Fsp3) is 0.0959. The molecule has 0 saturated carbocycles. The molecule has 1 heteroatoms. The summed E-state index contributed by atoms with van der Waals surface area (Å²) in [6.45, 7) is 9.62. The number of anilines is 3. The van der Waals surface area contributed by atoms with Gasteiger partial charge in [0.05, 0.1) is 16.8 Å². The van der Waals surface area contributed by atoms with Gasteiger partial charge < -0.3 is 4.90 Å². The van der Waals surface area contributed by atoms with Crippen LogP contribution in [-0.2, 0) is 16.2 Å². The Kier molecular flexibility index (Phi) is 8.29. The summed E-state index contributed by atoms with van der Waals surface area (Å²) >= 11 is 0. The van der Waals surface area contributed by atoms with Crippen LogP contribution in [-0.4, -0.2) is 0 Å². The summed E-state index contributed by atoms with van der Waals surface area (Å²) in [5, 5.41) is 7.59. The van der Waals surface area contributed by atoms with Crippen LogP contribution in [0.1, 0.15) is 72.2 Å². The van der Waals surface area contributed by atoms with Crippen molar-refractivity contribution in [1.29, 1.82) is 0 Å². The molecule has 0 aromatic heterocycles. The van der Waals surface area contributed by atoms with E-state index in [4.69, 9.17) is 0 Å². The quantitative estimate of drug-likeness (QED) is 0.159. The van der Waals surface area contributed by atoms with Gasteiger partial charge in [-0.15, -0.1) is 0 Å². The Morgan fingerprint density at radius 2 is 0.649 bits per heavy atom. The first-order valence-corrected chi connectivity index (χ1v) is 26.3. The molecule has 0 heterocycles. The largest absolute Gasteiger partial charge is 0.309 e. The van der Waals surface area contributed by atoms with Crippen LogP contribution in [0.15, 0.2) is 237 Å². The van der Waals surface area contributed by atoms with Crippen LogP contribution in [0, 0.1) is 0 Å². The normalized spacial score (nSPS) is 15.1. The van der Waals surface area contributed by atoms with Crippen molar-refractivity contribution in [1.82, 2.24) is 0 Å². The summed E-state index contributed by atoms with van der Waals surface area (Å²) < 4.78 is 0. The molecule has 0 bridgehead atoms. The summed E-state index contributed by atoms with van der Waals surface area (Å²) in [5.41, 5.74) is 26.2. The number of nitrogens with zero attached hydrogens (tertiary/aromatic N) is 1. The van der Waals surface area contributed by atoms with Crippen LogP contribution in [0.5, 0.6) is 0 Å². The number of rotatable bonds is 4. The average Bonchev–Trinajstić information content (AvgIpc) is 4.22. The van der Waals surface area contributed by atoms with Crippen molar-refractivity contribution in [2.45, 2.75) is 43.9 Å². The molecule has 0 N–H and O–H groups in total. The molecule has 16 rings (SSSR count). The maximum Gasteiger partial charge on any atom is 0.0726 e. The fourth-order valence-corrected chi connectivity index (χ4v) is 14.9. The highest BCUT2D eigenvalue weighted by Gasteiger charge is 2.52. The van der Waals surface area contributed by atoms with Gasteiger partial charge in [0.2, 0.25) is 0 Å². The first kappa shape index (κ1) is 41.8. The highest BCUT2D eigenvalue weighted by molar-refractivity contribution is 6.26. The van der Waals surface area contributed by atoms with Gasteiger partial charge >= 0.3 is 0 Å². The third-order valence-corrected chi connectivity index (χ3v) is 18.1. The summed E-state index contributed by atoms with van der Waals surface area (Å²) in [4.78, 5) is 2.67. The Bertz CT molecular complexity index is 4370. The Morgan fingerprint density at radius 1 is 0.243 bits per heavy atom. The Morgan fingerprint density at radius 3 is 1.22 bits per heavy atom. The fourth-order valence-electron chi connectivity index (χ4n) is 14.9. The molecule has 1 nitrogen and oxygen atoms in total.